The summed E-state index contributed by atoms with van der Waals surface area (Å²) < 4.78 is 0. The van der Waals surface area contributed by atoms with Gasteiger partial charge in [-0.25, -0.2) is 4.79 Å². The first-order chi connectivity index (χ1) is 11.5. The zero-order chi connectivity index (χ0) is 17.2. The predicted molar refractivity (Wildman–Crippen MR) is 88.6 cm³/mol. The van der Waals surface area contributed by atoms with E-state index in [-0.39, 0.29) is 11.8 Å². The van der Waals surface area contributed by atoms with Gasteiger partial charge >= 0.3 is 6.03 Å². The van der Waals surface area contributed by atoms with E-state index in [4.69, 9.17) is 0 Å². The number of carbonyl (C=O) groups is 3. The molecule has 0 spiro atoms. The molecule has 1 heterocycles. The van der Waals surface area contributed by atoms with Gasteiger partial charge in [0.05, 0.1) is 0 Å². The van der Waals surface area contributed by atoms with Gasteiger partial charge < -0.3 is 5.32 Å². The Bertz CT molecular complexity index is 640. The second-order valence-electron chi connectivity index (χ2n) is 6.85. The van der Waals surface area contributed by atoms with Crippen molar-refractivity contribution in [1.82, 2.24) is 15.8 Å². The molecular formula is C18H23N3O3. The molecular weight excluding hydrogens is 306 g/mol. The van der Waals surface area contributed by atoms with Crippen LogP contribution in [0.25, 0.3) is 0 Å². The lowest BCUT2D eigenvalue weighted by Gasteiger charge is -2.22. The third kappa shape index (κ3) is 3.27. The number of amides is 4. The summed E-state index contributed by atoms with van der Waals surface area (Å²) in [5.74, 6) is -0.722. The smallest absolute Gasteiger partial charge is 0.322 e. The second-order valence-corrected chi connectivity index (χ2v) is 6.85. The molecule has 2 aliphatic rings. The number of hydrazine groups is 1. The summed E-state index contributed by atoms with van der Waals surface area (Å²) in [6, 6.07) is 9.26. The zero-order valence-corrected chi connectivity index (χ0v) is 13.9. The van der Waals surface area contributed by atoms with Crippen molar-refractivity contribution in [2.24, 2.45) is 5.92 Å². The summed E-state index contributed by atoms with van der Waals surface area (Å²) in [5.41, 5.74) is 2.62. The number of carbonyl (C=O) groups excluding carboxylic acids is 3. The highest BCUT2D eigenvalue weighted by molar-refractivity contribution is 6.07. The highest BCUT2D eigenvalue weighted by Gasteiger charge is 2.48. The molecule has 3 rings (SSSR count). The third-order valence-electron chi connectivity index (χ3n) is 4.97. The van der Waals surface area contributed by atoms with Crippen LogP contribution < -0.4 is 10.7 Å². The summed E-state index contributed by atoms with van der Waals surface area (Å²) in [7, 11) is 0. The lowest BCUT2D eigenvalue weighted by atomic mass is 9.93. The minimum absolute atomic E-state index is 0.0956. The first kappa shape index (κ1) is 16.5. The lowest BCUT2D eigenvalue weighted by molar-refractivity contribution is -0.140. The van der Waals surface area contributed by atoms with Crippen LogP contribution in [0.3, 0.4) is 0 Å². The van der Waals surface area contributed by atoms with Crippen LogP contribution in [0.1, 0.15) is 44.6 Å². The Hall–Kier alpha value is -2.37. The molecule has 1 saturated heterocycles. The van der Waals surface area contributed by atoms with Gasteiger partial charge in [0.1, 0.15) is 5.54 Å². The van der Waals surface area contributed by atoms with Crippen LogP contribution in [0.5, 0.6) is 0 Å². The van der Waals surface area contributed by atoms with Gasteiger partial charge in [-0.05, 0) is 38.2 Å². The van der Waals surface area contributed by atoms with E-state index in [1.807, 2.05) is 30.3 Å². The first-order valence-electron chi connectivity index (χ1n) is 8.51. The SMILES string of the molecule is CC1(CCc2ccccc2)NC(=O)N(NC(=O)C2CCCC2)C1=O. The largest absolute Gasteiger partial charge is 0.344 e. The maximum atomic E-state index is 12.6. The maximum Gasteiger partial charge on any atom is 0.344 e. The van der Waals surface area contributed by atoms with Crippen LogP contribution >= 0.6 is 0 Å². The van der Waals surface area contributed by atoms with E-state index in [1.54, 1.807) is 6.92 Å². The molecule has 2 N–H and O–H groups in total. The molecule has 1 atom stereocenters. The Kier molecular flexibility index (Phi) is 4.55. The number of hydrogen-bond acceptors (Lipinski definition) is 3. The number of aryl methyl sites for hydroxylation is 1. The Morgan fingerprint density at radius 1 is 1.25 bits per heavy atom. The normalized spacial score (nSPS) is 24.3. The molecule has 1 unspecified atom stereocenters. The van der Waals surface area contributed by atoms with Crippen molar-refractivity contribution in [3.8, 4) is 0 Å². The van der Waals surface area contributed by atoms with Gasteiger partial charge in [-0.2, -0.15) is 5.01 Å². The van der Waals surface area contributed by atoms with Crippen molar-refractivity contribution in [2.75, 3.05) is 0 Å². The highest BCUT2D eigenvalue weighted by atomic mass is 16.2. The van der Waals surface area contributed by atoms with Crippen LogP contribution in [-0.4, -0.2) is 28.4 Å². The Morgan fingerprint density at radius 2 is 1.92 bits per heavy atom. The van der Waals surface area contributed by atoms with E-state index in [9.17, 15) is 14.4 Å². The molecule has 128 valence electrons. The Labute approximate surface area is 141 Å². The number of nitrogens with one attached hydrogen (secondary N) is 2. The summed E-state index contributed by atoms with van der Waals surface area (Å²) in [5, 5.41) is 3.57. The molecule has 1 saturated carbocycles. The van der Waals surface area contributed by atoms with Crippen molar-refractivity contribution in [3.05, 3.63) is 35.9 Å². The number of hydrogen-bond donors (Lipinski definition) is 2. The minimum Gasteiger partial charge on any atom is -0.322 e. The lowest BCUT2D eigenvalue weighted by Crippen LogP contribution is -2.50. The van der Waals surface area contributed by atoms with Gasteiger partial charge in [0.25, 0.3) is 5.91 Å². The van der Waals surface area contributed by atoms with E-state index < -0.39 is 17.5 Å². The second kappa shape index (κ2) is 6.63. The quantitative estimate of drug-likeness (QED) is 0.813. The van der Waals surface area contributed by atoms with E-state index in [0.717, 1.165) is 36.3 Å². The van der Waals surface area contributed by atoms with Crippen LogP contribution in [0.15, 0.2) is 30.3 Å². The molecule has 1 aromatic rings. The molecule has 0 bridgehead atoms. The molecule has 6 nitrogen and oxygen atoms in total. The van der Waals surface area contributed by atoms with Crippen molar-refractivity contribution < 1.29 is 14.4 Å². The van der Waals surface area contributed by atoms with Gasteiger partial charge in [0, 0.05) is 5.92 Å². The number of rotatable bonds is 5. The summed E-state index contributed by atoms with van der Waals surface area (Å²) in [4.78, 5) is 37.0. The van der Waals surface area contributed by atoms with Crippen molar-refractivity contribution in [2.45, 2.75) is 51.0 Å². The van der Waals surface area contributed by atoms with Crippen LogP contribution in [0.4, 0.5) is 4.79 Å². The third-order valence-corrected chi connectivity index (χ3v) is 4.97. The van der Waals surface area contributed by atoms with Gasteiger partial charge in [-0.1, -0.05) is 43.2 Å². The molecule has 24 heavy (non-hydrogen) atoms. The predicted octanol–water partition coefficient (Wildman–Crippen LogP) is 2.15. The monoisotopic (exact) mass is 329 g/mol. The summed E-state index contributed by atoms with van der Waals surface area (Å²) >= 11 is 0. The van der Waals surface area contributed by atoms with Gasteiger partial charge in [0.2, 0.25) is 5.91 Å². The Morgan fingerprint density at radius 3 is 2.58 bits per heavy atom. The molecule has 0 aromatic heterocycles. The average Bonchev–Trinajstić information content (AvgIpc) is 3.18. The molecule has 6 heteroatoms. The van der Waals surface area contributed by atoms with Gasteiger partial charge in [-0.3, -0.25) is 15.0 Å². The van der Waals surface area contributed by atoms with E-state index in [2.05, 4.69) is 10.7 Å². The minimum atomic E-state index is -0.990. The number of urea groups is 1. The van der Waals surface area contributed by atoms with E-state index in [1.165, 1.54) is 0 Å². The Balaban J connectivity index is 1.63. The highest BCUT2D eigenvalue weighted by Crippen LogP contribution is 2.26. The standard InChI is InChI=1S/C18H23N3O3/c1-18(12-11-13-7-3-2-4-8-13)16(23)21(17(24)19-18)20-15(22)14-9-5-6-10-14/h2-4,7-8,14H,5-6,9-12H2,1H3,(H,19,24)(H,20,22). The fraction of sp³-hybridized carbons (Fsp3) is 0.500. The molecule has 2 fully saturated rings. The summed E-state index contributed by atoms with van der Waals surface area (Å²) in [6.45, 7) is 1.71. The molecule has 0 radical (unpaired) electrons. The van der Waals surface area contributed by atoms with E-state index >= 15 is 0 Å². The van der Waals surface area contributed by atoms with Crippen LogP contribution in [0.2, 0.25) is 0 Å². The zero-order valence-electron chi connectivity index (χ0n) is 13.9. The van der Waals surface area contributed by atoms with Crippen molar-refractivity contribution >= 4 is 17.8 Å². The van der Waals surface area contributed by atoms with Crippen LogP contribution in [-0.2, 0) is 16.0 Å². The molecule has 1 aliphatic heterocycles. The number of imide groups is 1. The van der Waals surface area contributed by atoms with Crippen LogP contribution in [0, 0.1) is 5.92 Å². The maximum absolute atomic E-state index is 12.6. The molecule has 1 aliphatic carbocycles. The van der Waals surface area contributed by atoms with Gasteiger partial charge in [-0.15, -0.1) is 0 Å². The summed E-state index contributed by atoms with van der Waals surface area (Å²) in [6.07, 6.45) is 4.84. The van der Waals surface area contributed by atoms with E-state index in [0.29, 0.717) is 12.8 Å². The van der Waals surface area contributed by atoms with Crippen molar-refractivity contribution in [3.63, 3.8) is 0 Å². The molecule has 1 aromatic carbocycles. The number of benzene rings is 1. The topological polar surface area (TPSA) is 78.5 Å². The fourth-order valence-corrected chi connectivity index (χ4v) is 3.38. The number of nitrogens with zero attached hydrogens (tertiary/aromatic N) is 1. The fourth-order valence-electron chi connectivity index (χ4n) is 3.38. The van der Waals surface area contributed by atoms with Crippen molar-refractivity contribution in [1.29, 1.82) is 0 Å². The molecule has 4 amide bonds. The first-order valence-corrected chi connectivity index (χ1v) is 8.51. The average molecular weight is 329 g/mol. The van der Waals surface area contributed by atoms with Gasteiger partial charge in [0.15, 0.2) is 0 Å².